The SMILES string of the molecule is Cn1ncc2c(N3CC=C(c4ccc(F)cc4)CC3)ncnc21. The van der Waals surface area contributed by atoms with Gasteiger partial charge in [0.15, 0.2) is 5.65 Å². The number of nitrogens with zero attached hydrogens (tertiary/aromatic N) is 5. The van der Waals surface area contributed by atoms with Gasteiger partial charge in [0.2, 0.25) is 0 Å². The van der Waals surface area contributed by atoms with Gasteiger partial charge in [-0.15, -0.1) is 0 Å². The van der Waals surface area contributed by atoms with Crippen LogP contribution in [0.25, 0.3) is 16.6 Å². The van der Waals surface area contributed by atoms with Gasteiger partial charge in [0.05, 0.1) is 11.6 Å². The van der Waals surface area contributed by atoms with Crippen LogP contribution in [0.3, 0.4) is 0 Å². The summed E-state index contributed by atoms with van der Waals surface area (Å²) in [6.07, 6.45) is 6.47. The van der Waals surface area contributed by atoms with E-state index in [9.17, 15) is 4.39 Å². The molecule has 0 fully saturated rings. The highest BCUT2D eigenvalue weighted by Gasteiger charge is 2.18. The zero-order valence-corrected chi connectivity index (χ0v) is 12.8. The van der Waals surface area contributed by atoms with E-state index in [1.54, 1.807) is 11.0 Å². The minimum Gasteiger partial charge on any atom is -0.352 e. The third-order valence-corrected chi connectivity index (χ3v) is 4.23. The van der Waals surface area contributed by atoms with Crippen molar-refractivity contribution >= 4 is 22.4 Å². The summed E-state index contributed by atoms with van der Waals surface area (Å²) < 4.78 is 14.8. The van der Waals surface area contributed by atoms with Crippen LogP contribution < -0.4 is 4.90 Å². The fraction of sp³-hybridized carbons (Fsp3) is 0.235. The Balaban J connectivity index is 1.62. The van der Waals surface area contributed by atoms with Gasteiger partial charge in [0.25, 0.3) is 0 Å². The molecule has 1 aliphatic rings. The van der Waals surface area contributed by atoms with E-state index in [0.29, 0.717) is 0 Å². The Kier molecular flexibility index (Phi) is 3.29. The van der Waals surface area contributed by atoms with E-state index in [-0.39, 0.29) is 5.82 Å². The van der Waals surface area contributed by atoms with Crippen molar-refractivity contribution in [3.8, 4) is 0 Å². The fourth-order valence-corrected chi connectivity index (χ4v) is 2.99. The third kappa shape index (κ3) is 2.46. The van der Waals surface area contributed by atoms with Crippen molar-refractivity contribution in [2.24, 2.45) is 7.05 Å². The van der Waals surface area contributed by atoms with Crippen LogP contribution in [-0.2, 0) is 7.05 Å². The second kappa shape index (κ2) is 5.46. The second-order valence-electron chi connectivity index (χ2n) is 5.64. The highest BCUT2D eigenvalue weighted by molar-refractivity contribution is 5.87. The Bertz CT molecular complexity index is 882. The van der Waals surface area contributed by atoms with Crippen LogP contribution in [0, 0.1) is 5.82 Å². The first-order chi connectivity index (χ1) is 11.2. The quantitative estimate of drug-likeness (QED) is 0.730. The van der Waals surface area contributed by atoms with Crippen molar-refractivity contribution < 1.29 is 4.39 Å². The lowest BCUT2D eigenvalue weighted by molar-refractivity contribution is 0.627. The minimum atomic E-state index is -0.202. The number of aryl methyl sites for hydroxylation is 1. The first kappa shape index (κ1) is 13.9. The summed E-state index contributed by atoms with van der Waals surface area (Å²) in [4.78, 5) is 10.9. The molecule has 0 spiro atoms. The normalized spacial score (nSPS) is 15.0. The molecule has 0 unspecified atom stereocenters. The molecule has 0 saturated heterocycles. The van der Waals surface area contributed by atoms with Crippen molar-refractivity contribution in [1.82, 2.24) is 19.7 Å². The summed E-state index contributed by atoms with van der Waals surface area (Å²) in [6, 6.07) is 6.68. The van der Waals surface area contributed by atoms with Crippen molar-refractivity contribution in [3.05, 3.63) is 54.2 Å². The van der Waals surface area contributed by atoms with Crippen molar-refractivity contribution in [1.29, 1.82) is 0 Å². The predicted octanol–water partition coefficient (Wildman–Crippen LogP) is 2.80. The molecule has 1 aromatic carbocycles. The van der Waals surface area contributed by atoms with E-state index < -0.39 is 0 Å². The summed E-state index contributed by atoms with van der Waals surface area (Å²) in [5.41, 5.74) is 3.17. The number of halogens is 1. The number of hydrogen-bond donors (Lipinski definition) is 0. The van der Waals surface area contributed by atoms with Gasteiger partial charge >= 0.3 is 0 Å². The van der Waals surface area contributed by atoms with E-state index in [4.69, 9.17) is 0 Å². The number of hydrogen-bond acceptors (Lipinski definition) is 4. The van der Waals surface area contributed by atoms with Crippen molar-refractivity contribution in [2.75, 3.05) is 18.0 Å². The molecule has 3 heterocycles. The topological polar surface area (TPSA) is 46.8 Å². The molecule has 116 valence electrons. The van der Waals surface area contributed by atoms with Gasteiger partial charge in [0, 0.05) is 20.1 Å². The van der Waals surface area contributed by atoms with Crippen LogP contribution in [0.4, 0.5) is 10.2 Å². The Morgan fingerprint density at radius 1 is 1.13 bits per heavy atom. The zero-order chi connectivity index (χ0) is 15.8. The first-order valence-electron chi connectivity index (χ1n) is 7.55. The molecule has 0 aliphatic carbocycles. The average molecular weight is 309 g/mol. The lowest BCUT2D eigenvalue weighted by atomic mass is 9.99. The van der Waals surface area contributed by atoms with Gasteiger partial charge in [-0.05, 0) is 29.7 Å². The molecule has 2 aromatic heterocycles. The molecule has 3 aromatic rings. The van der Waals surface area contributed by atoms with Gasteiger partial charge in [-0.25, -0.2) is 14.4 Å². The molecular formula is C17H16FN5. The van der Waals surface area contributed by atoms with Crippen LogP contribution in [0.5, 0.6) is 0 Å². The van der Waals surface area contributed by atoms with E-state index in [2.05, 4.69) is 26.0 Å². The van der Waals surface area contributed by atoms with Crippen LogP contribution in [0.2, 0.25) is 0 Å². The minimum absolute atomic E-state index is 0.202. The zero-order valence-electron chi connectivity index (χ0n) is 12.8. The van der Waals surface area contributed by atoms with Crippen molar-refractivity contribution in [3.63, 3.8) is 0 Å². The maximum absolute atomic E-state index is 13.0. The van der Waals surface area contributed by atoms with Crippen LogP contribution in [0.1, 0.15) is 12.0 Å². The number of rotatable bonds is 2. The number of fused-ring (bicyclic) bond motifs is 1. The first-order valence-corrected chi connectivity index (χ1v) is 7.55. The van der Waals surface area contributed by atoms with E-state index in [1.807, 2.05) is 25.4 Å². The van der Waals surface area contributed by atoms with Crippen LogP contribution in [-0.4, -0.2) is 32.8 Å². The van der Waals surface area contributed by atoms with Gasteiger partial charge < -0.3 is 4.90 Å². The standard InChI is InChI=1S/C17H16FN5/c1-22-16-15(10-21-22)17(20-11-19-16)23-8-6-13(7-9-23)12-2-4-14(18)5-3-12/h2-6,10-11H,7-9H2,1H3. The molecule has 4 rings (SSSR count). The maximum Gasteiger partial charge on any atom is 0.163 e. The van der Waals surface area contributed by atoms with Crippen LogP contribution >= 0.6 is 0 Å². The third-order valence-electron chi connectivity index (χ3n) is 4.23. The Morgan fingerprint density at radius 2 is 1.96 bits per heavy atom. The molecule has 0 amide bonds. The predicted molar refractivity (Wildman–Crippen MR) is 87.5 cm³/mol. The average Bonchev–Trinajstić information content (AvgIpc) is 2.97. The monoisotopic (exact) mass is 309 g/mol. The molecule has 0 radical (unpaired) electrons. The smallest absolute Gasteiger partial charge is 0.163 e. The molecule has 6 heteroatoms. The highest BCUT2D eigenvalue weighted by atomic mass is 19.1. The number of aromatic nitrogens is 4. The van der Waals surface area contributed by atoms with Crippen molar-refractivity contribution in [2.45, 2.75) is 6.42 Å². The summed E-state index contributed by atoms with van der Waals surface area (Å²) in [5, 5.41) is 5.22. The number of benzene rings is 1. The molecule has 0 N–H and O–H groups in total. The Labute approximate surface area is 133 Å². The molecule has 1 aliphatic heterocycles. The molecule has 0 atom stereocenters. The Hall–Kier alpha value is -2.76. The molecule has 0 saturated carbocycles. The summed E-state index contributed by atoms with van der Waals surface area (Å²) in [6.45, 7) is 1.64. The highest BCUT2D eigenvalue weighted by Crippen LogP contribution is 2.28. The summed E-state index contributed by atoms with van der Waals surface area (Å²) >= 11 is 0. The summed E-state index contributed by atoms with van der Waals surface area (Å²) in [7, 11) is 1.88. The van der Waals surface area contributed by atoms with Gasteiger partial charge in [-0.3, -0.25) is 4.68 Å². The largest absolute Gasteiger partial charge is 0.352 e. The molecule has 23 heavy (non-hydrogen) atoms. The van der Waals surface area contributed by atoms with Gasteiger partial charge in [-0.1, -0.05) is 18.2 Å². The maximum atomic E-state index is 13.0. The van der Waals surface area contributed by atoms with E-state index >= 15 is 0 Å². The fourth-order valence-electron chi connectivity index (χ4n) is 2.99. The molecule has 0 bridgehead atoms. The van der Waals surface area contributed by atoms with Gasteiger partial charge in [-0.2, -0.15) is 5.10 Å². The van der Waals surface area contributed by atoms with Gasteiger partial charge in [0.1, 0.15) is 18.0 Å². The lowest BCUT2D eigenvalue weighted by Crippen LogP contribution is -2.29. The summed E-state index contributed by atoms with van der Waals surface area (Å²) in [5.74, 6) is 0.712. The van der Waals surface area contributed by atoms with E-state index in [1.165, 1.54) is 17.7 Å². The Morgan fingerprint density at radius 3 is 2.70 bits per heavy atom. The lowest BCUT2D eigenvalue weighted by Gasteiger charge is -2.27. The molecular weight excluding hydrogens is 293 g/mol. The second-order valence-corrected chi connectivity index (χ2v) is 5.64. The van der Waals surface area contributed by atoms with E-state index in [0.717, 1.165) is 41.9 Å². The molecule has 5 nitrogen and oxygen atoms in total. The van der Waals surface area contributed by atoms with Crippen LogP contribution in [0.15, 0.2) is 42.9 Å². The number of anilines is 1.